The quantitative estimate of drug-likeness (QED) is 0.788. The van der Waals surface area contributed by atoms with Crippen molar-refractivity contribution in [2.24, 2.45) is 0 Å². The Kier molecular flexibility index (Phi) is 4.35. The van der Waals surface area contributed by atoms with Crippen molar-refractivity contribution < 1.29 is 12.8 Å². The molecule has 0 atom stereocenters. The highest BCUT2D eigenvalue weighted by atomic mass is 35.5. The van der Waals surface area contributed by atoms with E-state index >= 15 is 0 Å². The number of anilines is 1. The monoisotopic (exact) mass is 361 g/mol. The van der Waals surface area contributed by atoms with Crippen molar-refractivity contribution in [3.63, 3.8) is 0 Å². The molecule has 5 nitrogen and oxygen atoms in total. The molecular weight excluding hydrogens is 349 g/mol. The lowest BCUT2D eigenvalue weighted by Gasteiger charge is -2.34. The van der Waals surface area contributed by atoms with Crippen LogP contribution in [0.1, 0.15) is 0 Å². The summed E-state index contributed by atoms with van der Waals surface area (Å²) in [5.41, 5.74) is 0. The summed E-state index contributed by atoms with van der Waals surface area (Å²) in [7, 11) is -3.51. The first-order valence-corrected chi connectivity index (χ1v) is 9.23. The molecule has 118 valence electrons. The Hall–Kier alpha value is -1.22. The summed E-state index contributed by atoms with van der Waals surface area (Å²) in [5, 5.41) is 0. The lowest BCUT2D eigenvalue weighted by Crippen LogP contribution is -2.48. The van der Waals surface area contributed by atoms with Crippen LogP contribution in [0.5, 0.6) is 0 Å². The number of hydrogen-bond donors (Lipinski definition) is 0. The third-order valence-electron chi connectivity index (χ3n) is 3.41. The highest BCUT2D eigenvalue weighted by Gasteiger charge is 2.30. The molecule has 3 rings (SSSR count). The van der Waals surface area contributed by atoms with Crippen LogP contribution in [0.25, 0.3) is 0 Å². The van der Waals surface area contributed by atoms with Gasteiger partial charge in [0, 0.05) is 26.2 Å². The summed E-state index contributed by atoms with van der Waals surface area (Å²) in [6.07, 6.45) is 0. The van der Waals surface area contributed by atoms with E-state index in [1.807, 2.05) is 4.90 Å². The lowest BCUT2D eigenvalue weighted by atomic mass is 10.3. The third-order valence-corrected chi connectivity index (χ3v) is 7.00. The first-order chi connectivity index (χ1) is 10.5. The number of aromatic nitrogens is 1. The lowest BCUT2D eigenvalue weighted by molar-refractivity contribution is 0.384. The van der Waals surface area contributed by atoms with Crippen LogP contribution in [-0.4, -0.2) is 43.9 Å². The van der Waals surface area contributed by atoms with E-state index in [0.717, 1.165) is 11.3 Å². The van der Waals surface area contributed by atoms with Gasteiger partial charge in [-0.15, -0.1) is 11.3 Å². The van der Waals surface area contributed by atoms with Crippen molar-refractivity contribution >= 4 is 38.8 Å². The topological polar surface area (TPSA) is 53.5 Å². The van der Waals surface area contributed by atoms with Crippen LogP contribution in [0.3, 0.4) is 0 Å². The molecule has 0 bridgehead atoms. The molecule has 0 unspecified atom stereocenters. The van der Waals surface area contributed by atoms with Gasteiger partial charge in [0.2, 0.25) is 5.95 Å². The van der Waals surface area contributed by atoms with Crippen molar-refractivity contribution in [2.75, 3.05) is 31.1 Å². The predicted octanol–water partition coefficient (Wildman–Crippen LogP) is 2.45. The molecule has 0 radical (unpaired) electrons. The molecule has 0 spiro atoms. The average Bonchev–Trinajstić information content (AvgIpc) is 2.95. The highest BCUT2D eigenvalue weighted by molar-refractivity contribution is 7.91. The van der Waals surface area contributed by atoms with Gasteiger partial charge in [0.25, 0.3) is 10.0 Å². The summed E-state index contributed by atoms with van der Waals surface area (Å²) in [4.78, 5) is 5.69. The van der Waals surface area contributed by atoms with Gasteiger partial charge in [-0.3, -0.25) is 0 Å². The zero-order valence-electron chi connectivity index (χ0n) is 11.4. The highest BCUT2D eigenvalue weighted by Crippen LogP contribution is 2.29. The molecule has 1 saturated heterocycles. The van der Waals surface area contributed by atoms with Crippen molar-refractivity contribution in [1.82, 2.24) is 9.29 Å². The number of piperazine rings is 1. The van der Waals surface area contributed by atoms with Gasteiger partial charge < -0.3 is 4.90 Å². The maximum Gasteiger partial charge on any atom is 0.252 e. The Morgan fingerprint density at radius 2 is 1.86 bits per heavy atom. The summed E-state index contributed by atoms with van der Waals surface area (Å²) < 4.78 is 40.2. The van der Waals surface area contributed by atoms with Crippen LogP contribution in [0.15, 0.2) is 34.5 Å². The number of pyridine rings is 1. The largest absolute Gasteiger partial charge is 0.354 e. The zero-order valence-corrected chi connectivity index (χ0v) is 13.8. The van der Waals surface area contributed by atoms with Gasteiger partial charge in [-0.25, -0.2) is 13.4 Å². The molecule has 0 aliphatic carbocycles. The smallest absolute Gasteiger partial charge is 0.252 e. The molecule has 0 N–H and O–H groups in total. The van der Waals surface area contributed by atoms with E-state index in [4.69, 9.17) is 11.6 Å². The second-order valence-corrected chi connectivity index (χ2v) is 8.65. The van der Waals surface area contributed by atoms with Crippen LogP contribution in [0.4, 0.5) is 10.2 Å². The molecular formula is C13H13ClFN3O2S2. The fourth-order valence-corrected chi connectivity index (χ4v) is 5.35. The maximum atomic E-state index is 13.2. The van der Waals surface area contributed by atoms with Crippen molar-refractivity contribution in [3.05, 3.63) is 40.6 Å². The van der Waals surface area contributed by atoms with Gasteiger partial charge in [-0.2, -0.15) is 8.70 Å². The molecule has 2 aromatic heterocycles. The van der Waals surface area contributed by atoms with Crippen molar-refractivity contribution in [2.45, 2.75) is 4.21 Å². The molecule has 0 aromatic carbocycles. The zero-order chi connectivity index (χ0) is 15.7. The number of thiophene rings is 1. The number of sulfonamides is 1. The molecule has 1 fully saturated rings. The first-order valence-electron chi connectivity index (χ1n) is 6.60. The normalized spacial score (nSPS) is 16.9. The molecule has 2 aromatic rings. The van der Waals surface area contributed by atoms with Gasteiger partial charge in [-0.1, -0.05) is 17.7 Å². The molecule has 9 heteroatoms. The van der Waals surface area contributed by atoms with Crippen LogP contribution >= 0.6 is 22.9 Å². The van der Waals surface area contributed by atoms with Crippen LogP contribution in [-0.2, 0) is 10.0 Å². The summed E-state index contributed by atoms with van der Waals surface area (Å²) in [5.74, 6) is -0.0167. The van der Waals surface area contributed by atoms with Crippen LogP contribution < -0.4 is 4.90 Å². The number of nitrogens with zero attached hydrogens (tertiary/aromatic N) is 3. The van der Waals surface area contributed by atoms with Gasteiger partial charge >= 0.3 is 0 Å². The van der Waals surface area contributed by atoms with Gasteiger partial charge in [0.1, 0.15) is 10.0 Å². The van der Waals surface area contributed by atoms with Crippen molar-refractivity contribution in [1.29, 1.82) is 0 Å². The van der Waals surface area contributed by atoms with E-state index in [9.17, 15) is 12.8 Å². The van der Waals surface area contributed by atoms with E-state index < -0.39 is 16.0 Å². The minimum Gasteiger partial charge on any atom is -0.354 e. The Morgan fingerprint density at radius 1 is 1.14 bits per heavy atom. The van der Waals surface area contributed by atoms with Crippen molar-refractivity contribution in [3.8, 4) is 0 Å². The van der Waals surface area contributed by atoms with Gasteiger partial charge in [-0.05, 0) is 24.3 Å². The Morgan fingerprint density at radius 3 is 2.45 bits per heavy atom. The molecule has 1 aliphatic heterocycles. The Labute approximate surface area is 137 Å². The molecule has 0 saturated carbocycles. The fourth-order valence-electron chi connectivity index (χ4n) is 2.29. The number of halogens is 2. The molecule has 22 heavy (non-hydrogen) atoms. The first kappa shape index (κ1) is 15.7. The van der Waals surface area contributed by atoms with Crippen LogP contribution in [0, 0.1) is 5.95 Å². The standard InChI is InChI=1S/C13H13ClFN3O2S2/c14-10-4-5-13(21-10)22(19,20)18-8-6-17(7-9-18)12-3-1-2-11(15)16-12/h1-5H,6-9H2. The van der Waals surface area contributed by atoms with E-state index in [1.165, 1.54) is 16.4 Å². The minimum absolute atomic E-state index is 0.245. The van der Waals surface area contributed by atoms with Crippen LogP contribution in [0.2, 0.25) is 4.34 Å². The number of hydrogen-bond acceptors (Lipinski definition) is 5. The number of rotatable bonds is 3. The predicted molar refractivity (Wildman–Crippen MR) is 84.5 cm³/mol. The van der Waals surface area contributed by atoms with E-state index in [1.54, 1.807) is 18.2 Å². The van der Waals surface area contributed by atoms with Gasteiger partial charge in [0.05, 0.1) is 4.34 Å². The summed E-state index contributed by atoms with van der Waals surface area (Å²) in [6, 6.07) is 7.68. The second-order valence-electron chi connectivity index (χ2n) is 4.77. The Balaban J connectivity index is 1.72. The second kappa shape index (κ2) is 6.11. The minimum atomic E-state index is -3.51. The third kappa shape index (κ3) is 3.10. The molecule has 0 amide bonds. The van der Waals surface area contributed by atoms with E-state index in [0.29, 0.717) is 36.3 Å². The SMILES string of the molecule is O=S(=O)(c1ccc(Cl)s1)N1CCN(c2cccc(F)n2)CC1. The van der Waals surface area contributed by atoms with Gasteiger partial charge in [0.15, 0.2) is 0 Å². The van der Waals surface area contributed by atoms with E-state index in [2.05, 4.69) is 4.98 Å². The fraction of sp³-hybridized carbons (Fsp3) is 0.308. The summed E-state index contributed by atoms with van der Waals surface area (Å²) in [6.45, 7) is 1.59. The van der Waals surface area contributed by atoms with E-state index in [-0.39, 0.29) is 4.21 Å². The molecule has 3 heterocycles. The maximum absolute atomic E-state index is 13.2. The average molecular weight is 362 g/mol. The summed E-state index contributed by atoms with van der Waals surface area (Å²) >= 11 is 6.85. The Bertz CT molecular complexity index is 773. The molecule has 1 aliphatic rings.